The first-order valence-corrected chi connectivity index (χ1v) is 6.51. The first-order chi connectivity index (χ1) is 9.62. The molecule has 2 rings (SSSR count). The van der Waals surface area contributed by atoms with E-state index in [1.807, 2.05) is 0 Å². The zero-order valence-electron chi connectivity index (χ0n) is 11.4. The number of halogens is 3. The zero-order valence-corrected chi connectivity index (χ0v) is 11.4. The minimum absolute atomic E-state index is 0.0674. The van der Waals surface area contributed by atoms with Crippen molar-refractivity contribution in [1.29, 1.82) is 0 Å². The Morgan fingerprint density at radius 3 is 2.29 bits per heavy atom. The number of phenolic OH excluding ortho intramolecular Hbond substituents is 1. The highest BCUT2D eigenvalue weighted by atomic mass is 19.4. The van der Waals surface area contributed by atoms with Crippen molar-refractivity contribution in [2.45, 2.75) is 31.5 Å². The fraction of sp³-hybridized carbons (Fsp3) is 0.500. The van der Waals surface area contributed by atoms with E-state index >= 15 is 0 Å². The van der Waals surface area contributed by atoms with Crippen LogP contribution in [0, 0.1) is 6.92 Å². The Hall–Kier alpha value is -1.76. The monoisotopic (exact) mass is 303 g/mol. The van der Waals surface area contributed by atoms with Crippen LogP contribution >= 0.6 is 0 Å². The number of hydrogen-bond donors (Lipinski definition) is 2. The number of carbonyl (C=O) groups is 1. The SMILES string of the molecule is Cc1cc(O)cc(C(=O)N2CCC(O)(C(F)(F)F)CC2)c1. The average Bonchev–Trinajstić information content (AvgIpc) is 2.36. The smallest absolute Gasteiger partial charge is 0.417 e. The van der Waals surface area contributed by atoms with Crippen molar-refractivity contribution in [1.82, 2.24) is 4.90 Å². The van der Waals surface area contributed by atoms with E-state index < -0.39 is 30.5 Å². The number of rotatable bonds is 1. The predicted octanol–water partition coefficient (Wildman–Crippen LogP) is 2.23. The van der Waals surface area contributed by atoms with Gasteiger partial charge in [-0.1, -0.05) is 0 Å². The first-order valence-electron chi connectivity index (χ1n) is 6.51. The van der Waals surface area contributed by atoms with Gasteiger partial charge in [-0.25, -0.2) is 0 Å². The van der Waals surface area contributed by atoms with E-state index in [0.717, 1.165) is 0 Å². The Balaban J connectivity index is 2.10. The molecular weight excluding hydrogens is 287 g/mol. The topological polar surface area (TPSA) is 60.8 Å². The summed E-state index contributed by atoms with van der Waals surface area (Å²) in [5.41, 5.74) is -1.81. The van der Waals surface area contributed by atoms with E-state index in [9.17, 15) is 28.2 Å². The summed E-state index contributed by atoms with van der Waals surface area (Å²) in [7, 11) is 0. The number of alkyl halides is 3. The second-order valence-corrected chi connectivity index (χ2v) is 5.38. The lowest BCUT2D eigenvalue weighted by Crippen LogP contribution is -2.54. The van der Waals surface area contributed by atoms with Gasteiger partial charge in [-0.05, 0) is 30.7 Å². The molecule has 1 saturated heterocycles. The Labute approximate surface area is 119 Å². The van der Waals surface area contributed by atoms with Crippen LogP contribution in [0.4, 0.5) is 13.2 Å². The van der Waals surface area contributed by atoms with Gasteiger partial charge in [0.15, 0.2) is 5.60 Å². The summed E-state index contributed by atoms with van der Waals surface area (Å²) in [6.45, 7) is 1.35. The molecule has 21 heavy (non-hydrogen) atoms. The highest BCUT2D eigenvalue weighted by Crippen LogP contribution is 2.38. The van der Waals surface area contributed by atoms with Crippen molar-refractivity contribution >= 4 is 5.91 Å². The van der Waals surface area contributed by atoms with Gasteiger partial charge in [-0.3, -0.25) is 4.79 Å². The van der Waals surface area contributed by atoms with Gasteiger partial charge in [-0.2, -0.15) is 13.2 Å². The minimum atomic E-state index is -4.69. The van der Waals surface area contributed by atoms with Crippen molar-refractivity contribution in [3.8, 4) is 5.75 Å². The number of aryl methyl sites for hydroxylation is 1. The van der Waals surface area contributed by atoms with Gasteiger partial charge in [0.05, 0.1) is 0 Å². The number of benzene rings is 1. The van der Waals surface area contributed by atoms with E-state index in [4.69, 9.17) is 0 Å². The van der Waals surface area contributed by atoms with E-state index in [1.54, 1.807) is 13.0 Å². The third kappa shape index (κ3) is 3.12. The molecule has 0 bridgehead atoms. The van der Waals surface area contributed by atoms with Gasteiger partial charge in [0.2, 0.25) is 0 Å². The van der Waals surface area contributed by atoms with Gasteiger partial charge < -0.3 is 15.1 Å². The minimum Gasteiger partial charge on any atom is -0.508 e. The normalized spacial score (nSPS) is 18.6. The third-order valence-corrected chi connectivity index (χ3v) is 3.71. The molecule has 1 aromatic carbocycles. The lowest BCUT2D eigenvalue weighted by Gasteiger charge is -2.39. The van der Waals surface area contributed by atoms with Gasteiger partial charge in [0.25, 0.3) is 5.91 Å². The van der Waals surface area contributed by atoms with Crippen LogP contribution in [-0.2, 0) is 0 Å². The summed E-state index contributed by atoms with van der Waals surface area (Å²) in [5.74, 6) is -0.514. The first kappa shape index (κ1) is 15.6. The highest BCUT2D eigenvalue weighted by molar-refractivity contribution is 5.94. The average molecular weight is 303 g/mol. The molecule has 7 heteroatoms. The van der Waals surface area contributed by atoms with E-state index in [1.165, 1.54) is 17.0 Å². The summed E-state index contributed by atoms with van der Waals surface area (Å²) in [5, 5.41) is 19.0. The molecule has 0 radical (unpaired) electrons. The molecule has 1 heterocycles. The zero-order chi connectivity index (χ0) is 15.8. The fourth-order valence-corrected chi connectivity index (χ4v) is 2.43. The van der Waals surface area contributed by atoms with Crippen LogP contribution in [0.5, 0.6) is 5.75 Å². The second-order valence-electron chi connectivity index (χ2n) is 5.38. The van der Waals surface area contributed by atoms with E-state index in [0.29, 0.717) is 5.56 Å². The number of nitrogens with zero attached hydrogens (tertiary/aromatic N) is 1. The number of amides is 1. The van der Waals surface area contributed by atoms with Crippen LogP contribution in [0.25, 0.3) is 0 Å². The Kier molecular flexibility index (Phi) is 3.88. The number of hydrogen-bond acceptors (Lipinski definition) is 3. The molecule has 1 fully saturated rings. The molecule has 0 aromatic heterocycles. The maximum Gasteiger partial charge on any atom is 0.417 e. The Morgan fingerprint density at radius 1 is 1.24 bits per heavy atom. The number of aromatic hydroxyl groups is 1. The van der Waals surface area contributed by atoms with Crippen molar-refractivity contribution in [2.75, 3.05) is 13.1 Å². The summed E-state index contributed by atoms with van der Waals surface area (Å²) >= 11 is 0. The predicted molar refractivity (Wildman–Crippen MR) is 69.0 cm³/mol. The van der Waals surface area contributed by atoms with Crippen LogP contribution in [-0.4, -0.2) is 45.9 Å². The maximum atomic E-state index is 12.7. The van der Waals surface area contributed by atoms with Crippen LogP contribution in [0.15, 0.2) is 18.2 Å². The fourth-order valence-electron chi connectivity index (χ4n) is 2.43. The van der Waals surface area contributed by atoms with Crippen molar-refractivity contribution < 1.29 is 28.2 Å². The Morgan fingerprint density at radius 2 is 1.81 bits per heavy atom. The molecular formula is C14H16F3NO3. The van der Waals surface area contributed by atoms with Crippen LogP contribution in [0.2, 0.25) is 0 Å². The number of phenols is 1. The summed E-state index contributed by atoms with van der Waals surface area (Å²) in [6, 6.07) is 4.32. The summed E-state index contributed by atoms with van der Waals surface area (Å²) in [4.78, 5) is 13.5. The molecule has 0 spiro atoms. The molecule has 1 amide bonds. The van der Waals surface area contributed by atoms with E-state index in [-0.39, 0.29) is 24.4 Å². The van der Waals surface area contributed by atoms with Gasteiger partial charge in [-0.15, -0.1) is 0 Å². The van der Waals surface area contributed by atoms with Gasteiger partial charge in [0, 0.05) is 31.5 Å². The van der Waals surface area contributed by atoms with Crippen molar-refractivity contribution in [3.63, 3.8) is 0 Å². The molecule has 4 nitrogen and oxygen atoms in total. The maximum absolute atomic E-state index is 12.7. The van der Waals surface area contributed by atoms with Crippen molar-refractivity contribution in [3.05, 3.63) is 29.3 Å². The molecule has 116 valence electrons. The molecule has 0 atom stereocenters. The summed E-state index contributed by atoms with van der Waals surface area (Å²) < 4.78 is 38.1. The van der Waals surface area contributed by atoms with Crippen LogP contribution in [0.1, 0.15) is 28.8 Å². The number of aliphatic hydroxyl groups is 1. The standard InChI is InChI=1S/C14H16F3NO3/c1-9-6-10(8-11(19)7-9)12(20)18-4-2-13(21,3-5-18)14(15,16)17/h6-8,19,21H,2-5H2,1H3. The van der Waals surface area contributed by atoms with Gasteiger partial charge in [0.1, 0.15) is 5.75 Å². The molecule has 0 unspecified atom stereocenters. The number of piperidine rings is 1. The number of likely N-dealkylation sites (tertiary alicyclic amines) is 1. The quantitative estimate of drug-likeness (QED) is 0.836. The van der Waals surface area contributed by atoms with Gasteiger partial charge >= 0.3 is 6.18 Å². The third-order valence-electron chi connectivity index (χ3n) is 3.71. The molecule has 1 aromatic rings. The van der Waals surface area contributed by atoms with Crippen molar-refractivity contribution in [2.24, 2.45) is 0 Å². The van der Waals surface area contributed by atoms with Crippen LogP contribution in [0.3, 0.4) is 0 Å². The van der Waals surface area contributed by atoms with E-state index in [2.05, 4.69) is 0 Å². The molecule has 1 aliphatic rings. The number of carbonyl (C=O) groups excluding carboxylic acids is 1. The summed E-state index contributed by atoms with van der Waals surface area (Å²) in [6.07, 6.45) is -5.77. The molecule has 0 saturated carbocycles. The second kappa shape index (κ2) is 5.22. The molecule has 1 aliphatic heterocycles. The van der Waals surface area contributed by atoms with Crippen LogP contribution < -0.4 is 0 Å². The molecule has 0 aliphatic carbocycles. The lowest BCUT2D eigenvalue weighted by molar-refractivity contribution is -0.271. The molecule has 2 N–H and O–H groups in total. The lowest BCUT2D eigenvalue weighted by atomic mass is 9.90. The highest BCUT2D eigenvalue weighted by Gasteiger charge is 2.54. The largest absolute Gasteiger partial charge is 0.508 e. The Bertz CT molecular complexity index is 529.